The zero-order valence-corrected chi connectivity index (χ0v) is 12.5. The highest BCUT2D eigenvalue weighted by molar-refractivity contribution is 5.90. The first-order valence-electron chi connectivity index (χ1n) is 7.66. The second kappa shape index (κ2) is 7.28. The van der Waals surface area contributed by atoms with Gasteiger partial charge >= 0.3 is 0 Å². The van der Waals surface area contributed by atoms with Crippen molar-refractivity contribution in [2.45, 2.75) is 33.6 Å². The van der Waals surface area contributed by atoms with E-state index in [1.807, 2.05) is 0 Å². The Kier molecular flexibility index (Phi) is 5.40. The standard InChI is InChI=1S/C19H22N2.CH4/c1-14-7-6-8-15(13-14)19-17(10-4-5-12-20)16-9-2-3-11-18(16)21-19;/h2-3,6-9,11,13,21H,4-5,10,12,20H2,1H3;1H4. The maximum Gasteiger partial charge on any atom is 0.0497 e. The van der Waals surface area contributed by atoms with Gasteiger partial charge in [-0.1, -0.05) is 49.4 Å². The molecule has 3 rings (SSSR count). The Bertz CT molecular complexity index is 740. The molecule has 0 saturated heterocycles. The Balaban J connectivity index is 0.00000176. The average Bonchev–Trinajstić information content (AvgIpc) is 2.87. The van der Waals surface area contributed by atoms with Gasteiger partial charge in [0.25, 0.3) is 0 Å². The predicted molar refractivity (Wildman–Crippen MR) is 97.2 cm³/mol. The van der Waals surface area contributed by atoms with Crippen LogP contribution < -0.4 is 5.73 Å². The summed E-state index contributed by atoms with van der Waals surface area (Å²) in [5, 5.41) is 1.34. The van der Waals surface area contributed by atoms with Crippen LogP contribution in [0.25, 0.3) is 22.2 Å². The van der Waals surface area contributed by atoms with Crippen LogP contribution in [0, 0.1) is 6.92 Å². The van der Waals surface area contributed by atoms with Gasteiger partial charge in [0.2, 0.25) is 0 Å². The number of benzene rings is 2. The topological polar surface area (TPSA) is 41.8 Å². The van der Waals surface area contributed by atoms with Crippen LogP contribution >= 0.6 is 0 Å². The molecule has 0 spiro atoms. The number of hydrogen-bond acceptors (Lipinski definition) is 1. The molecule has 0 aliphatic carbocycles. The highest BCUT2D eigenvalue weighted by Gasteiger charge is 2.12. The van der Waals surface area contributed by atoms with E-state index in [2.05, 4.69) is 60.4 Å². The first-order chi connectivity index (χ1) is 10.3. The summed E-state index contributed by atoms with van der Waals surface area (Å²) in [4.78, 5) is 3.60. The summed E-state index contributed by atoms with van der Waals surface area (Å²) in [7, 11) is 0. The van der Waals surface area contributed by atoms with Crippen LogP contribution in [0.1, 0.15) is 31.4 Å². The Hall–Kier alpha value is -2.06. The lowest BCUT2D eigenvalue weighted by atomic mass is 9.99. The summed E-state index contributed by atoms with van der Waals surface area (Å²) in [6.45, 7) is 2.91. The number of fused-ring (bicyclic) bond motifs is 1. The number of aromatic amines is 1. The van der Waals surface area contributed by atoms with E-state index in [0.717, 1.165) is 25.8 Å². The Morgan fingerprint density at radius 2 is 1.82 bits per heavy atom. The van der Waals surface area contributed by atoms with Crippen LogP contribution in [-0.4, -0.2) is 11.5 Å². The third-order valence-corrected chi connectivity index (χ3v) is 4.00. The lowest BCUT2D eigenvalue weighted by Gasteiger charge is -2.06. The zero-order chi connectivity index (χ0) is 14.7. The molecule has 0 fully saturated rings. The van der Waals surface area contributed by atoms with Crippen LogP contribution in [0.4, 0.5) is 0 Å². The number of unbranched alkanes of at least 4 members (excludes halogenated alkanes) is 1. The van der Waals surface area contributed by atoms with Crippen molar-refractivity contribution in [1.82, 2.24) is 4.98 Å². The molecule has 0 atom stereocenters. The van der Waals surface area contributed by atoms with Crippen molar-refractivity contribution in [3.8, 4) is 11.3 Å². The highest BCUT2D eigenvalue weighted by Crippen LogP contribution is 2.31. The molecule has 22 heavy (non-hydrogen) atoms. The van der Waals surface area contributed by atoms with Gasteiger partial charge in [-0.15, -0.1) is 0 Å². The number of H-pyrrole nitrogens is 1. The molecule has 0 bridgehead atoms. The first kappa shape index (κ1) is 16.3. The normalized spacial score (nSPS) is 10.6. The van der Waals surface area contributed by atoms with Crippen molar-refractivity contribution in [1.29, 1.82) is 0 Å². The Morgan fingerprint density at radius 1 is 1.00 bits per heavy atom. The molecular formula is C20H26N2. The molecule has 0 unspecified atom stereocenters. The van der Waals surface area contributed by atoms with Gasteiger partial charge in [0.05, 0.1) is 0 Å². The van der Waals surface area contributed by atoms with Crippen molar-refractivity contribution in [2.75, 3.05) is 6.54 Å². The maximum atomic E-state index is 5.64. The molecule has 0 amide bonds. The van der Waals surface area contributed by atoms with E-state index in [9.17, 15) is 0 Å². The first-order valence-corrected chi connectivity index (χ1v) is 7.66. The quantitative estimate of drug-likeness (QED) is 0.634. The van der Waals surface area contributed by atoms with E-state index < -0.39 is 0 Å². The van der Waals surface area contributed by atoms with Gasteiger partial charge < -0.3 is 10.7 Å². The predicted octanol–water partition coefficient (Wildman–Crippen LogP) is 5.06. The monoisotopic (exact) mass is 294 g/mol. The molecule has 1 heterocycles. The molecule has 0 radical (unpaired) electrons. The van der Waals surface area contributed by atoms with Crippen molar-refractivity contribution in [3.63, 3.8) is 0 Å². The van der Waals surface area contributed by atoms with Gasteiger partial charge in [-0.3, -0.25) is 0 Å². The Morgan fingerprint density at radius 3 is 2.59 bits per heavy atom. The summed E-state index contributed by atoms with van der Waals surface area (Å²) < 4.78 is 0. The molecular weight excluding hydrogens is 268 g/mol. The van der Waals surface area contributed by atoms with Crippen molar-refractivity contribution in [2.24, 2.45) is 5.73 Å². The highest BCUT2D eigenvalue weighted by atomic mass is 14.7. The third-order valence-electron chi connectivity index (χ3n) is 4.00. The summed E-state index contributed by atoms with van der Waals surface area (Å²) in [5.74, 6) is 0. The second-order valence-corrected chi connectivity index (χ2v) is 5.64. The van der Waals surface area contributed by atoms with Crippen molar-refractivity contribution in [3.05, 3.63) is 59.7 Å². The fourth-order valence-electron chi connectivity index (χ4n) is 2.95. The SMILES string of the molecule is C.Cc1cccc(-c2[nH]c3ccccc3c2CCCCN)c1. The number of aryl methyl sites for hydroxylation is 2. The van der Waals surface area contributed by atoms with Crippen molar-refractivity contribution >= 4 is 10.9 Å². The van der Waals surface area contributed by atoms with Crippen LogP contribution in [-0.2, 0) is 6.42 Å². The number of aromatic nitrogens is 1. The minimum atomic E-state index is 0. The lowest BCUT2D eigenvalue weighted by molar-refractivity contribution is 0.748. The molecule has 3 N–H and O–H groups in total. The minimum Gasteiger partial charge on any atom is -0.354 e. The molecule has 0 aliphatic heterocycles. The number of para-hydroxylation sites is 1. The summed E-state index contributed by atoms with van der Waals surface area (Å²) in [6.07, 6.45) is 3.29. The second-order valence-electron chi connectivity index (χ2n) is 5.64. The van der Waals surface area contributed by atoms with Gasteiger partial charge in [0, 0.05) is 16.6 Å². The third kappa shape index (κ3) is 3.23. The molecule has 2 heteroatoms. The number of nitrogens with one attached hydrogen (secondary N) is 1. The van der Waals surface area contributed by atoms with Gasteiger partial charge in [-0.2, -0.15) is 0 Å². The summed E-state index contributed by atoms with van der Waals surface area (Å²) in [5.41, 5.74) is 12.1. The molecule has 1 aromatic heterocycles. The van der Waals surface area contributed by atoms with Gasteiger partial charge in [0.15, 0.2) is 0 Å². The van der Waals surface area contributed by atoms with E-state index >= 15 is 0 Å². The van der Waals surface area contributed by atoms with Crippen LogP contribution in [0.15, 0.2) is 48.5 Å². The van der Waals surface area contributed by atoms with E-state index in [1.54, 1.807) is 0 Å². The fourth-order valence-corrected chi connectivity index (χ4v) is 2.95. The summed E-state index contributed by atoms with van der Waals surface area (Å²) in [6, 6.07) is 17.3. The van der Waals surface area contributed by atoms with Crippen LogP contribution in [0.3, 0.4) is 0 Å². The van der Waals surface area contributed by atoms with E-state index in [-0.39, 0.29) is 7.43 Å². The average molecular weight is 294 g/mol. The molecule has 116 valence electrons. The van der Waals surface area contributed by atoms with Gasteiger partial charge in [0.1, 0.15) is 0 Å². The van der Waals surface area contributed by atoms with Crippen LogP contribution in [0.2, 0.25) is 0 Å². The minimum absolute atomic E-state index is 0. The van der Waals surface area contributed by atoms with Gasteiger partial charge in [-0.25, -0.2) is 0 Å². The summed E-state index contributed by atoms with van der Waals surface area (Å²) >= 11 is 0. The smallest absolute Gasteiger partial charge is 0.0497 e. The molecule has 0 aliphatic rings. The van der Waals surface area contributed by atoms with E-state index in [4.69, 9.17) is 5.73 Å². The van der Waals surface area contributed by atoms with Gasteiger partial charge in [-0.05, 0) is 56.0 Å². The maximum absolute atomic E-state index is 5.64. The number of rotatable bonds is 5. The molecule has 2 nitrogen and oxygen atoms in total. The van der Waals surface area contributed by atoms with Crippen LogP contribution in [0.5, 0.6) is 0 Å². The molecule has 3 aromatic rings. The van der Waals surface area contributed by atoms with Crippen molar-refractivity contribution < 1.29 is 0 Å². The lowest BCUT2D eigenvalue weighted by Crippen LogP contribution is -1.99. The zero-order valence-electron chi connectivity index (χ0n) is 12.5. The number of hydrogen-bond donors (Lipinski definition) is 2. The molecule has 2 aromatic carbocycles. The Labute approximate surface area is 133 Å². The largest absolute Gasteiger partial charge is 0.354 e. The number of nitrogens with two attached hydrogens (primary N) is 1. The fraction of sp³-hybridized carbons (Fsp3) is 0.300. The van der Waals surface area contributed by atoms with E-state index in [0.29, 0.717) is 0 Å². The van der Waals surface area contributed by atoms with E-state index in [1.165, 1.54) is 33.3 Å². The molecule has 0 saturated carbocycles.